The van der Waals surface area contributed by atoms with Crippen molar-refractivity contribution in [3.8, 4) is 0 Å². The fraction of sp³-hybridized carbons (Fsp3) is 0.400. The van der Waals surface area contributed by atoms with Crippen molar-refractivity contribution in [1.82, 2.24) is 5.32 Å². The molecule has 110 valence electrons. The third-order valence-corrected chi connectivity index (χ3v) is 2.97. The number of aliphatic hydroxyl groups excluding tert-OH is 2. The monoisotopic (exact) mass is 279 g/mol. The van der Waals surface area contributed by atoms with Gasteiger partial charge in [-0.25, -0.2) is 4.79 Å². The maximum atomic E-state index is 11.4. The van der Waals surface area contributed by atoms with Gasteiger partial charge in [0, 0.05) is 12.5 Å². The fourth-order valence-electron chi connectivity index (χ4n) is 1.57. The Morgan fingerprint density at radius 2 is 2.05 bits per heavy atom. The second-order valence-electron chi connectivity index (χ2n) is 4.60. The Kier molecular flexibility index (Phi) is 6.76. The number of carbonyl (C=O) groups excluding carboxylic acids is 1. The van der Waals surface area contributed by atoms with Gasteiger partial charge in [-0.15, -0.1) is 6.58 Å². The topological polar surface area (TPSA) is 78.8 Å². The number of alkyl carbamates (subject to hydrolysis) is 1. The van der Waals surface area contributed by atoms with Crippen LogP contribution in [0.2, 0.25) is 0 Å². The van der Waals surface area contributed by atoms with Gasteiger partial charge in [0.05, 0.1) is 12.2 Å². The van der Waals surface area contributed by atoms with Crippen LogP contribution in [0.4, 0.5) is 4.79 Å². The number of rotatable bonds is 7. The van der Waals surface area contributed by atoms with Crippen LogP contribution in [0.3, 0.4) is 0 Å². The van der Waals surface area contributed by atoms with Gasteiger partial charge in [0.1, 0.15) is 6.61 Å². The summed E-state index contributed by atoms with van der Waals surface area (Å²) >= 11 is 0. The maximum absolute atomic E-state index is 11.4. The lowest BCUT2D eigenvalue weighted by Crippen LogP contribution is -2.41. The average molecular weight is 279 g/mol. The molecule has 0 aliphatic carbocycles. The smallest absolute Gasteiger partial charge is 0.407 e. The molecule has 0 heterocycles. The van der Waals surface area contributed by atoms with E-state index >= 15 is 0 Å². The predicted octanol–water partition coefficient (Wildman–Crippen LogP) is 1.46. The first-order chi connectivity index (χ1) is 9.54. The fourth-order valence-corrected chi connectivity index (χ4v) is 1.57. The van der Waals surface area contributed by atoms with Gasteiger partial charge in [-0.3, -0.25) is 0 Å². The first kappa shape index (κ1) is 16.2. The normalized spacial score (nSPS) is 14.9. The van der Waals surface area contributed by atoms with E-state index in [2.05, 4.69) is 11.9 Å². The maximum Gasteiger partial charge on any atom is 0.407 e. The number of ether oxygens (including phenoxy) is 1. The number of hydrogen-bond acceptors (Lipinski definition) is 4. The molecular formula is C15H21NO4. The number of carbonyl (C=O) groups is 1. The molecule has 1 aromatic carbocycles. The van der Waals surface area contributed by atoms with Crippen molar-refractivity contribution in [2.24, 2.45) is 5.92 Å². The summed E-state index contributed by atoms with van der Waals surface area (Å²) in [6.07, 6.45) is -1.12. The van der Waals surface area contributed by atoms with E-state index in [9.17, 15) is 15.0 Å². The van der Waals surface area contributed by atoms with Gasteiger partial charge in [0.25, 0.3) is 0 Å². The van der Waals surface area contributed by atoms with E-state index in [0.29, 0.717) is 0 Å². The quantitative estimate of drug-likeness (QED) is 0.660. The minimum Gasteiger partial charge on any atom is -0.445 e. The largest absolute Gasteiger partial charge is 0.445 e. The Labute approximate surface area is 118 Å². The van der Waals surface area contributed by atoms with Crippen LogP contribution in [-0.4, -0.2) is 35.1 Å². The molecule has 3 N–H and O–H groups in total. The molecule has 5 nitrogen and oxygen atoms in total. The Morgan fingerprint density at radius 3 is 2.65 bits per heavy atom. The minimum atomic E-state index is -1.06. The molecule has 5 heteroatoms. The van der Waals surface area contributed by atoms with Gasteiger partial charge in [-0.1, -0.05) is 43.3 Å². The molecule has 0 saturated heterocycles. The van der Waals surface area contributed by atoms with Crippen LogP contribution in [0, 0.1) is 5.92 Å². The third-order valence-electron chi connectivity index (χ3n) is 2.97. The highest BCUT2D eigenvalue weighted by Crippen LogP contribution is 2.08. The third kappa shape index (κ3) is 5.42. The molecule has 20 heavy (non-hydrogen) atoms. The van der Waals surface area contributed by atoms with Crippen molar-refractivity contribution in [2.45, 2.75) is 25.7 Å². The van der Waals surface area contributed by atoms with E-state index in [4.69, 9.17) is 4.74 Å². The Morgan fingerprint density at radius 1 is 1.40 bits per heavy atom. The van der Waals surface area contributed by atoms with Crippen molar-refractivity contribution >= 4 is 6.09 Å². The molecule has 3 atom stereocenters. The van der Waals surface area contributed by atoms with Crippen LogP contribution in [0.1, 0.15) is 12.5 Å². The molecule has 0 spiro atoms. The van der Waals surface area contributed by atoms with E-state index in [-0.39, 0.29) is 19.1 Å². The summed E-state index contributed by atoms with van der Waals surface area (Å²) in [7, 11) is 0. The zero-order valence-corrected chi connectivity index (χ0v) is 11.5. The summed E-state index contributed by atoms with van der Waals surface area (Å²) in [4.78, 5) is 11.4. The number of benzene rings is 1. The van der Waals surface area contributed by atoms with Gasteiger partial charge in [0.2, 0.25) is 0 Å². The molecule has 0 aliphatic rings. The zero-order chi connectivity index (χ0) is 15.0. The first-order valence-corrected chi connectivity index (χ1v) is 6.47. The SMILES string of the molecule is C=C[C@H](C)[C@H](O)[C@@H](O)CNC(=O)OCc1ccccc1. The number of nitrogens with one attached hydrogen (secondary N) is 1. The van der Waals surface area contributed by atoms with Gasteiger partial charge in [-0.2, -0.15) is 0 Å². The summed E-state index contributed by atoms with van der Waals surface area (Å²) in [5.41, 5.74) is 0.878. The van der Waals surface area contributed by atoms with E-state index in [1.54, 1.807) is 13.0 Å². The zero-order valence-electron chi connectivity index (χ0n) is 11.5. The summed E-state index contributed by atoms with van der Waals surface area (Å²) in [6.45, 7) is 5.35. The van der Waals surface area contributed by atoms with E-state index < -0.39 is 18.3 Å². The summed E-state index contributed by atoms with van der Waals surface area (Å²) in [6, 6.07) is 9.28. The molecule has 0 saturated carbocycles. The highest BCUT2D eigenvalue weighted by Gasteiger charge is 2.21. The Bertz CT molecular complexity index is 421. The number of hydrogen-bond donors (Lipinski definition) is 3. The van der Waals surface area contributed by atoms with E-state index in [0.717, 1.165) is 5.56 Å². The van der Waals surface area contributed by atoms with Gasteiger partial charge >= 0.3 is 6.09 Å². The molecule has 1 aromatic rings. The van der Waals surface area contributed by atoms with Crippen molar-refractivity contribution < 1.29 is 19.7 Å². The van der Waals surface area contributed by atoms with Gasteiger partial charge in [0.15, 0.2) is 0 Å². The van der Waals surface area contributed by atoms with Crippen LogP contribution in [0.5, 0.6) is 0 Å². The van der Waals surface area contributed by atoms with E-state index in [1.807, 2.05) is 30.3 Å². The highest BCUT2D eigenvalue weighted by atomic mass is 16.5. The number of amides is 1. The summed E-state index contributed by atoms with van der Waals surface area (Å²) in [5, 5.41) is 21.8. The standard InChI is InChI=1S/C15H21NO4/c1-3-11(2)14(18)13(17)9-16-15(19)20-10-12-7-5-4-6-8-12/h3-8,11,13-14,17-18H,1,9-10H2,2H3,(H,16,19)/t11-,13-,14-/m0/s1. The van der Waals surface area contributed by atoms with Crippen molar-refractivity contribution in [3.63, 3.8) is 0 Å². The van der Waals surface area contributed by atoms with Crippen LogP contribution in [-0.2, 0) is 11.3 Å². The minimum absolute atomic E-state index is 0.0764. The second kappa shape index (κ2) is 8.35. The molecule has 0 aromatic heterocycles. The van der Waals surface area contributed by atoms with Crippen LogP contribution in [0.15, 0.2) is 43.0 Å². The summed E-state index contributed by atoms with van der Waals surface area (Å²) < 4.78 is 4.98. The second-order valence-corrected chi connectivity index (χ2v) is 4.60. The lowest BCUT2D eigenvalue weighted by Gasteiger charge is -2.21. The van der Waals surface area contributed by atoms with Crippen molar-refractivity contribution in [2.75, 3.05) is 6.54 Å². The summed E-state index contributed by atoms with van der Waals surface area (Å²) in [5.74, 6) is -0.257. The van der Waals surface area contributed by atoms with Crippen LogP contribution in [0.25, 0.3) is 0 Å². The molecule has 1 amide bonds. The van der Waals surface area contributed by atoms with Crippen molar-refractivity contribution in [1.29, 1.82) is 0 Å². The first-order valence-electron chi connectivity index (χ1n) is 6.47. The molecule has 0 fully saturated rings. The van der Waals surface area contributed by atoms with E-state index in [1.165, 1.54) is 0 Å². The predicted molar refractivity (Wildman–Crippen MR) is 76.0 cm³/mol. The van der Waals surface area contributed by atoms with Gasteiger partial charge < -0.3 is 20.3 Å². The van der Waals surface area contributed by atoms with Crippen LogP contribution >= 0.6 is 0 Å². The molecule has 0 bridgehead atoms. The molecule has 1 rings (SSSR count). The highest BCUT2D eigenvalue weighted by molar-refractivity contribution is 5.67. The molecular weight excluding hydrogens is 258 g/mol. The van der Waals surface area contributed by atoms with Gasteiger partial charge in [-0.05, 0) is 5.56 Å². The lowest BCUT2D eigenvalue weighted by atomic mass is 10.00. The van der Waals surface area contributed by atoms with Crippen LogP contribution < -0.4 is 5.32 Å². The number of aliphatic hydroxyl groups is 2. The molecule has 0 unspecified atom stereocenters. The Balaban J connectivity index is 2.27. The molecule has 0 radical (unpaired) electrons. The van der Waals surface area contributed by atoms with Crippen molar-refractivity contribution in [3.05, 3.63) is 48.6 Å². The average Bonchev–Trinajstić information content (AvgIpc) is 2.49. The Hall–Kier alpha value is -1.85. The molecule has 0 aliphatic heterocycles. The lowest BCUT2D eigenvalue weighted by molar-refractivity contribution is -0.000435.